The highest BCUT2D eigenvalue weighted by Gasteiger charge is 2.18. The Morgan fingerprint density at radius 1 is 1.50 bits per heavy atom. The van der Waals surface area contributed by atoms with Gasteiger partial charge >= 0.3 is 5.97 Å². The number of carbonyl (C=O) groups is 2. The summed E-state index contributed by atoms with van der Waals surface area (Å²) < 4.78 is 4.86. The van der Waals surface area contributed by atoms with Gasteiger partial charge in [0.2, 0.25) is 11.8 Å². The molecule has 100 valence electrons. The molecule has 0 spiro atoms. The zero-order valence-corrected chi connectivity index (χ0v) is 10.5. The molecule has 2 N–H and O–H groups in total. The fourth-order valence-electron chi connectivity index (χ4n) is 1.47. The molecule has 0 saturated heterocycles. The van der Waals surface area contributed by atoms with E-state index in [0.717, 1.165) is 0 Å². The molecule has 1 aromatic heterocycles. The third kappa shape index (κ3) is 4.52. The van der Waals surface area contributed by atoms with Gasteiger partial charge in [-0.05, 0) is 13.3 Å². The quantitative estimate of drug-likeness (QED) is 0.742. The van der Waals surface area contributed by atoms with Crippen LogP contribution in [0.2, 0.25) is 0 Å². The Morgan fingerprint density at radius 2 is 2.22 bits per heavy atom. The molecule has 0 aliphatic carbocycles. The SMILES string of the molecule is CCC[C@@H](NC(=O)CCc1nc(C)no1)C(=O)O. The summed E-state index contributed by atoms with van der Waals surface area (Å²) in [5, 5.41) is 15.0. The molecule has 0 saturated carbocycles. The van der Waals surface area contributed by atoms with Crippen LogP contribution in [0.1, 0.15) is 37.9 Å². The molecular weight excluding hydrogens is 238 g/mol. The van der Waals surface area contributed by atoms with Crippen molar-refractivity contribution in [3.63, 3.8) is 0 Å². The minimum absolute atomic E-state index is 0.134. The monoisotopic (exact) mass is 255 g/mol. The van der Waals surface area contributed by atoms with Crippen molar-refractivity contribution in [2.24, 2.45) is 0 Å². The first kappa shape index (κ1) is 14.1. The van der Waals surface area contributed by atoms with Gasteiger partial charge in [-0.1, -0.05) is 18.5 Å². The van der Waals surface area contributed by atoms with Crippen LogP contribution in [0.4, 0.5) is 0 Å². The third-order valence-corrected chi connectivity index (χ3v) is 2.35. The number of aryl methyl sites for hydroxylation is 2. The van der Waals surface area contributed by atoms with Gasteiger partial charge in [0.1, 0.15) is 6.04 Å². The number of carbonyl (C=O) groups excluding carboxylic acids is 1. The number of aromatic nitrogens is 2. The Hall–Kier alpha value is -1.92. The lowest BCUT2D eigenvalue weighted by Gasteiger charge is -2.12. The van der Waals surface area contributed by atoms with Crippen molar-refractivity contribution >= 4 is 11.9 Å². The Labute approximate surface area is 105 Å². The van der Waals surface area contributed by atoms with Crippen molar-refractivity contribution in [2.75, 3.05) is 0 Å². The summed E-state index contributed by atoms with van der Waals surface area (Å²) in [4.78, 5) is 26.4. The van der Waals surface area contributed by atoms with Crippen molar-refractivity contribution in [1.82, 2.24) is 15.5 Å². The molecule has 7 nitrogen and oxygen atoms in total. The predicted molar refractivity (Wildman–Crippen MR) is 61.8 cm³/mol. The third-order valence-electron chi connectivity index (χ3n) is 2.35. The van der Waals surface area contributed by atoms with E-state index in [0.29, 0.717) is 31.0 Å². The molecule has 1 rings (SSSR count). The van der Waals surface area contributed by atoms with Crippen LogP contribution in [0.25, 0.3) is 0 Å². The topological polar surface area (TPSA) is 105 Å². The van der Waals surface area contributed by atoms with E-state index in [1.165, 1.54) is 0 Å². The van der Waals surface area contributed by atoms with Gasteiger partial charge in [0.05, 0.1) is 0 Å². The number of hydrogen-bond donors (Lipinski definition) is 2. The highest BCUT2D eigenvalue weighted by Crippen LogP contribution is 2.02. The van der Waals surface area contributed by atoms with Gasteiger partial charge in [-0.25, -0.2) is 4.79 Å². The summed E-state index contributed by atoms with van der Waals surface area (Å²) in [5.74, 6) is -0.449. The normalized spacial score (nSPS) is 12.1. The minimum Gasteiger partial charge on any atom is -0.480 e. The zero-order valence-electron chi connectivity index (χ0n) is 10.5. The smallest absolute Gasteiger partial charge is 0.326 e. The van der Waals surface area contributed by atoms with Crippen LogP contribution in [0.15, 0.2) is 4.52 Å². The Balaban J connectivity index is 2.38. The lowest BCUT2D eigenvalue weighted by molar-refractivity contribution is -0.142. The van der Waals surface area contributed by atoms with Crippen LogP contribution in [0.3, 0.4) is 0 Å². The highest BCUT2D eigenvalue weighted by atomic mass is 16.5. The molecule has 0 aliphatic heterocycles. The lowest BCUT2D eigenvalue weighted by atomic mass is 10.1. The lowest BCUT2D eigenvalue weighted by Crippen LogP contribution is -2.40. The van der Waals surface area contributed by atoms with Gasteiger partial charge in [0.15, 0.2) is 5.82 Å². The van der Waals surface area contributed by atoms with Gasteiger partial charge in [0.25, 0.3) is 0 Å². The van der Waals surface area contributed by atoms with Crippen molar-refractivity contribution in [1.29, 1.82) is 0 Å². The molecule has 1 atom stereocenters. The number of nitrogens with one attached hydrogen (secondary N) is 1. The van der Waals surface area contributed by atoms with Crippen LogP contribution in [0, 0.1) is 6.92 Å². The molecule has 0 aromatic carbocycles. The van der Waals surface area contributed by atoms with Gasteiger partial charge in [-0.15, -0.1) is 0 Å². The number of amides is 1. The summed E-state index contributed by atoms with van der Waals surface area (Å²) in [5.41, 5.74) is 0. The number of aliphatic carboxylic acids is 1. The van der Waals surface area contributed by atoms with Crippen LogP contribution < -0.4 is 5.32 Å². The van der Waals surface area contributed by atoms with Gasteiger partial charge in [-0.2, -0.15) is 4.98 Å². The fourth-order valence-corrected chi connectivity index (χ4v) is 1.47. The Morgan fingerprint density at radius 3 is 2.72 bits per heavy atom. The molecule has 0 aliphatic rings. The van der Waals surface area contributed by atoms with Crippen LogP contribution in [-0.2, 0) is 16.0 Å². The van der Waals surface area contributed by atoms with Crippen LogP contribution in [0.5, 0.6) is 0 Å². The summed E-state index contributed by atoms with van der Waals surface area (Å²) in [6.07, 6.45) is 1.56. The number of nitrogens with zero attached hydrogens (tertiary/aromatic N) is 2. The number of rotatable bonds is 7. The molecule has 1 amide bonds. The van der Waals surface area contributed by atoms with E-state index in [1.807, 2.05) is 6.92 Å². The summed E-state index contributed by atoms with van der Waals surface area (Å²) in [7, 11) is 0. The second-order valence-corrected chi connectivity index (χ2v) is 3.98. The maximum absolute atomic E-state index is 11.5. The molecule has 0 unspecified atom stereocenters. The minimum atomic E-state index is -1.01. The molecule has 18 heavy (non-hydrogen) atoms. The van der Waals surface area contributed by atoms with E-state index in [-0.39, 0.29) is 12.3 Å². The average molecular weight is 255 g/mol. The average Bonchev–Trinajstić information content (AvgIpc) is 2.72. The molecule has 0 bridgehead atoms. The largest absolute Gasteiger partial charge is 0.480 e. The van der Waals surface area contributed by atoms with E-state index in [4.69, 9.17) is 9.63 Å². The fraction of sp³-hybridized carbons (Fsp3) is 0.636. The molecule has 0 fully saturated rings. The maximum atomic E-state index is 11.5. The van der Waals surface area contributed by atoms with Crippen molar-refractivity contribution in [2.45, 2.75) is 45.6 Å². The maximum Gasteiger partial charge on any atom is 0.326 e. The van der Waals surface area contributed by atoms with E-state index in [2.05, 4.69) is 15.5 Å². The summed E-state index contributed by atoms with van der Waals surface area (Å²) in [6, 6.07) is -0.827. The Bertz CT molecular complexity index is 416. The van der Waals surface area contributed by atoms with Gasteiger partial charge in [0, 0.05) is 12.8 Å². The van der Waals surface area contributed by atoms with Crippen LogP contribution >= 0.6 is 0 Å². The molecular formula is C11H17N3O4. The zero-order chi connectivity index (χ0) is 13.5. The Kier molecular flexibility index (Phi) is 5.29. The molecule has 1 aromatic rings. The van der Waals surface area contributed by atoms with Crippen LogP contribution in [-0.4, -0.2) is 33.2 Å². The van der Waals surface area contributed by atoms with Crippen molar-refractivity contribution < 1.29 is 19.2 Å². The second-order valence-electron chi connectivity index (χ2n) is 3.98. The van der Waals surface area contributed by atoms with Crippen molar-refractivity contribution in [3.8, 4) is 0 Å². The molecule has 1 heterocycles. The predicted octanol–water partition coefficient (Wildman–Crippen LogP) is 0.680. The molecule has 7 heteroatoms. The first-order chi connectivity index (χ1) is 8.52. The summed E-state index contributed by atoms with van der Waals surface area (Å²) >= 11 is 0. The number of carboxylic acids is 1. The van der Waals surface area contributed by atoms with Gasteiger partial charge in [-0.3, -0.25) is 4.79 Å². The first-order valence-corrected chi connectivity index (χ1v) is 5.84. The van der Waals surface area contributed by atoms with E-state index in [1.54, 1.807) is 6.92 Å². The highest BCUT2D eigenvalue weighted by molar-refractivity contribution is 5.83. The van der Waals surface area contributed by atoms with E-state index >= 15 is 0 Å². The van der Waals surface area contributed by atoms with Gasteiger partial charge < -0.3 is 14.9 Å². The molecule has 0 radical (unpaired) electrons. The van der Waals surface area contributed by atoms with Crippen molar-refractivity contribution in [3.05, 3.63) is 11.7 Å². The number of carboxylic acid groups (broad SMARTS) is 1. The summed E-state index contributed by atoms with van der Waals surface area (Å²) in [6.45, 7) is 3.55. The first-order valence-electron chi connectivity index (χ1n) is 5.84. The number of hydrogen-bond acceptors (Lipinski definition) is 5. The van der Waals surface area contributed by atoms with E-state index in [9.17, 15) is 9.59 Å². The second kappa shape index (κ2) is 6.73. The standard InChI is InChI=1S/C11H17N3O4/c1-3-4-8(11(16)17)13-9(15)5-6-10-12-7(2)14-18-10/h8H,3-6H2,1-2H3,(H,13,15)(H,16,17)/t8-/m1/s1. The van der Waals surface area contributed by atoms with E-state index < -0.39 is 12.0 Å².